The van der Waals surface area contributed by atoms with Crippen LogP contribution in [0.25, 0.3) is 0 Å². The lowest BCUT2D eigenvalue weighted by Gasteiger charge is -2.35. The fraction of sp³-hybridized carbons (Fsp3) is 0.800. The van der Waals surface area contributed by atoms with Gasteiger partial charge in [-0.3, -0.25) is 19.8 Å². The average Bonchev–Trinajstić information content (AvgIpc) is 2.94. The zero-order valence-electron chi connectivity index (χ0n) is 16.5. The lowest BCUT2D eigenvalue weighted by molar-refractivity contribution is -0.129. The van der Waals surface area contributed by atoms with Gasteiger partial charge in [0.1, 0.15) is 0 Å². The van der Waals surface area contributed by atoms with Gasteiger partial charge in [-0.15, -0.1) is 0 Å². The van der Waals surface area contributed by atoms with Crippen molar-refractivity contribution in [1.82, 2.24) is 15.5 Å². The lowest BCUT2D eigenvalue weighted by Crippen LogP contribution is -2.61. The van der Waals surface area contributed by atoms with E-state index in [1.165, 1.54) is 0 Å². The Balaban J connectivity index is 2.26. The highest BCUT2D eigenvalue weighted by atomic mass is 16.1. The molecule has 2 heterocycles. The molecule has 0 amide bonds. The Kier molecular flexibility index (Phi) is 6.57. The number of ketones is 2. The monoisotopic (exact) mass is 349 g/mol. The number of allylic oxidation sites excluding steroid dienone is 1. The van der Waals surface area contributed by atoms with Crippen LogP contribution in [0.1, 0.15) is 53.9 Å². The molecule has 0 saturated carbocycles. The summed E-state index contributed by atoms with van der Waals surface area (Å²) in [4.78, 5) is 28.2. The summed E-state index contributed by atoms with van der Waals surface area (Å²) in [7, 11) is 0. The van der Waals surface area contributed by atoms with E-state index in [0.717, 1.165) is 32.4 Å². The maximum atomic E-state index is 13.0. The molecule has 0 aromatic carbocycles. The van der Waals surface area contributed by atoms with Gasteiger partial charge in [-0.1, -0.05) is 26.0 Å². The molecular weight excluding hydrogens is 314 g/mol. The zero-order valence-corrected chi connectivity index (χ0v) is 16.5. The highest BCUT2D eigenvalue weighted by molar-refractivity contribution is 5.93. The first kappa shape index (κ1) is 20.3. The van der Waals surface area contributed by atoms with Crippen molar-refractivity contribution in [2.24, 2.45) is 5.92 Å². The van der Waals surface area contributed by atoms with Gasteiger partial charge in [0.25, 0.3) is 0 Å². The van der Waals surface area contributed by atoms with Crippen LogP contribution in [0.2, 0.25) is 0 Å². The average molecular weight is 350 g/mol. The molecule has 142 valence electrons. The van der Waals surface area contributed by atoms with E-state index < -0.39 is 11.1 Å². The molecule has 5 heteroatoms. The van der Waals surface area contributed by atoms with E-state index >= 15 is 0 Å². The highest BCUT2D eigenvalue weighted by Crippen LogP contribution is 2.26. The number of Topliss-reactive ketones (excluding diaryl/α,β-unsaturated/α-hetero) is 2. The van der Waals surface area contributed by atoms with Crippen LogP contribution in [0, 0.1) is 5.92 Å². The van der Waals surface area contributed by atoms with Crippen LogP contribution in [-0.2, 0) is 9.59 Å². The Labute approximate surface area is 152 Å². The van der Waals surface area contributed by atoms with Gasteiger partial charge in [-0.05, 0) is 40.0 Å². The van der Waals surface area contributed by atoms with Crippen LogP contribution < -0.4 is 10.6 Å². The number of hydrogen-bond donors (Lipinski definition) is 2. The number of rotatable bonds is 4. The Morgan fingerprint density at radius 2 is 1.96 bits per heavy atom. The van der Waals surface area contributed by atoms with Crippen molar-refractivity contribution in [3.63, 3.8) is 0 Å². The lowest BCUT2D eigenvalue weighted by atomic mass is 9.84. The molecule has 1 unspecified atom stereocenters. The summed E-state index contributed by atoms with van der Waals surface area (Å²) >= 11 is 0. The van der Waals surface area contributed by atoms with E-state index in [1.807, 2.05) is 20.8 Å². The second-order valence-corrected chi connectivity index (χ2v) is 8.50. The van der Waals surface area contributed by atoms with E-state index in [-0.39, 0.29) is 30.1 Å². The molecule has 1 saturated heterocycles. The number of nitrogens with zero attached hydrogens (tertiary/aromatic N) is 1. The number of nitrogens with one attached hydrogen (secondary N) is 2. The highest BCUT2D eigenvalue weighted by Gasteiger charge is 2.45. The van der Waals surface area contributed by atoms with Gasteiger partial charge in [0, 0.05) is 31.6 Å². The largest absolute Gasteiger partial charge is 0.303 e. The Morgan fingerprint density at radius 3 is 2.60 bits per heavy atom. The maximum absolute atomic E-state index is 13.0. The standard InChI is InChI=1S/C20H35N3O2/c1-15(2)18(25)20-10-12-23(14-20)11-8-6-7-9-19(5,22-16(3)4)17(24)13-21-20/h6,8,15-16,21-22H,7,9-14H2,1-5H3/t19-,20-/m1/s1. The van der Waals surface area contributed by atoms with Gasteiger partial charge in [0.2, 0.25) is 0 Å². The third-order valence-electron chi connectivity index (χ3n) is 5.50. The number of hydrogen-bond acceptors (Lipinski definition) is 5. The molecule has 2 aliphatic heterocycles. The molecule has 25 heavy (non-hydrogen) atoms. The third-order valence-corrected chi connectivity index (χ3v) is 5.50. The predicted octanol–water partition coefficient (Wildman–Crippen LogP) is 1.92. The molecule has 0 aromatic heterocycles. The molecule has 2 rings (SSSR count). The third kappa shape index (κ3) is 4.78. The second-order valence-electron chi connectivity index (χ2n) is 8.50. The first-order valence-electron chi connectivity index (χ1n) is 9.66. The van der Waals surface area contributed by atoms with Crippen LogP contribution >= 0.6 is 0 Å². The molecular formula is C20H35N3O2. The summed E-state index contributed by atoms with van der Waals surface area (Å²) in [5.41, 5.74) is -1.15. The number of fused-ring (bicyclic) bond motifs is 2. The summed E-state index contributed by atoms with van der Waals surface area (Å²) < 4.78 is 0. The van der Waals surface area contributed by atoms with Gasteiger partial charge in [-0.25, -0.2) is 0 Å². The fourth-order valence-corrected chi connectivity index (χ4v) is 4.12. The quantitative estimate of drug-likeness (QED) is 0.760. The Morgan fingerprint density at radius 1 is 1.24 bits per heavy atom. The van der Waals surface area contributed by atoms with Crippen molar-refractivity contribution < 1.29 is 9.59 Å². The summed E-state index contributed by atoms with van der Waals surface area (Å²) in [6.45, 7) is 12.7. The van der Waals surface area contributed by atoms with E-state index in [9.17, 15) is 9.59 Å². The van der Waals surface area contributed by atoms with Crippen molar-refractivity contribution in [3.8, 4) is 0 Å². The number of carbonyl (C=O) groups is 2. The van der Waals surface area contributed by atoms with Crippen LogP contribution in [0.4, 0.5) is 0 Å². The van der Waals surface area contributed by atoms with E-state index in [4.69, 9.17) is 0 Å². The molecule has 0 radical (unpaired) electrons. The Bertz CT molecular complexity index is 529. The van der Waals surface area contributed by atoms with Gasteiger partial charge in [0.05, 0.1) is 17.6 Å². The van der Waals surface area contributed by atoms with E-state index in [0.29, 0.717) is 6.54 Å². The number of carbonyl (C=O) groups excluding carboxylic acids is 2. The van der Waals surface area contributed by atoms with Gasteiger partial charge >= 0.3 is 0 Å². The van der Waals surface area contributed by atoms with Gasteiger partial charge < -0.3 is 5.32 Å². The van der Waals surface area contributed by atoms with Crippen LogP contribution in [0.5, 0.6) is 0 Å². The minimum atomic E-state index is -0.588. The Hall–Kier alpha value is -1.04. The van der Waals surface area contributed by atoms with Crippen molar-refractivity contribution >= 4 is 11.6 Å². The SMILES string of the molecule is CC(C)N[C@]1(C)CCC=CCN2CC[C@](C(=O)C(C)C)(C2)NCC1=O. The molecule has 2 bridgehead atoms. The molecule has 0 aliphatic carbocycles. The van der Waals surface area contributed by atoms with Crippen molar-refractivity contribution in [3.05, 3.63) is 12.2 Å². The van der Waals surface area contributed by atoms with Crippen LogP contribution in [-0.4, -0.2) is 59.8 Å². The smallest absolute Gasteiger partial charge is 0.166 e. The zero-order chi connectivity index (χ0) is 18.7. The van der Waals surface area contributed by atoms with Gasteiger partial charge in [0.15, 0.2) is 11.6 Å². The van der Waals surface area contributed by atoms with Crippen LogP contribution in [0.3, 0.4) is 0 Å². The summed E-state index contributed by atoms with van der Waals surface area (Å²) in [5, 5.41) is 6.85. The normalized spacial score (nSPS) is 34.2. The fourth-order valence-electron chi connectivity index (χ4n) is 4.12. The van der Waals surface area contributed by atoms with E-state index in [1.54, 1.807) is 0 Å². The van der Waals surface area contributed by atoms with Crippen molar-refractivity contribution in [1.29, 1.82) is 0 Å². The molecule has 3 atom stereocenters. The topological polar surface area (TPSA) is 61.4 Å². The minimum Gasteiger partial charge on any atom is -0.303 e. The first-order chi connectivity index (χ1) is 11.7. The summed E-state index contributed by atoms with van der Waals surface area (Å²) in [5.74, 6) is 0.332. The molecule has 2 N–H and O–H groups in total. The molecule has 1 fully saturated rings. The first-order valence-corrected chi connectivity index (χ1v) is 9.66. The van der Waals surface area contributed by atoms with Crippen molar-refractivity contribution in [2.45, 2.75) is 71.0 Å². The second kappa shape index (κ2) is 8.11. The molecule has 5 nitrogen and oxygen atoms in total. The summed E-state index contributed by atoms with van der Waals surface area (Å²) in [6, 6.07) is 0.235. The van der Waals surface area contributed by atoms with Crippen LogP contribution in [0.15, 0.2) is 12.2 Å². The molecule has 0 aromatic rings. The van der Waals surface area contributed by atoms with Crippen molar-refractivity contribution in [2.75, 3.05) is 26.2 Å². The maximum Gasteiger partial charge on any atom is 0.166 e. The molecule has 2 aliphatic rings. The summed E-state index contributed by atoms with van der Waals surface area (Å²) in [6.07, 6.45) is 6.78. The predicted molar refractivity (Wildman–Crippen MR) is 102 cm³/mol. The minimum absolute atomic E-state index is 0.0360. The molecule has 0 spiro atoms. The van der Waals surface area contributed by atoms with Gasteiger partial charge in [-0.2, -0.15) is 0 Å². The van der Waals surface area contributed by atoms with E-state index in [2.05, 4.69) is 41.5 Å².